The van der Waals surface area contributed by atoms with Gasteiger partial charge in [-0.1, -0.05) is 24.8 Å². The van der Waals surface area contributed by atoms with Gasteiger partial charge in [0.1, 0.15) is 6.61 Å². The summed E-state index contributed by atoms with van der Waals surface area (Å²) in [7, 11) is 0. The number of rotatable bonds is 6. The second-order valence-corrected chi connectivity index (χ2v) is 5.24. The van der Waals surface area contributed by atoms with Crippen molar-refractivity contribution in [2.45, 2.75) is 6.42 Å². The van der Waals surface area contributed by atoms with Gasteiger partial charge in [-0.05, 0) is 41.8 Å². The molecular formula is C18H19ClN2O6. The van der Waals surface area contributed by atoms with Crippen LogP contribution in [0.2, 0.25) is 0 Å². The quantitative estimate of drug-likeness (QED) is 0.292. The zero-order chi connectivity index (χ0) is 19.1. The summed E-state index contributed by atoms with van der Waals surface area (Å²) in [6.45, 7) is 3.46. The Kier molecular flexibility index (Phi) is 7.96. The van der Waals surface area contributed by atoms with Crippen LogP contribution in [0.3, 0.4) is 0 Å². The van der Waals surface area contributed by atoms with Crippen LogP contribution in [0, 0.1) is 0 Å². The van der Waals surface area contributed by atoms with E-state index in [2.05, 4.69) is 11.3 Å². The number of halogens is 1. The van der Waals surface area contributed by atoms with E-state index in [1.165, 1.54) is 12.1 Å². The van der Waals surface area contributed by atoms with E-state index in [9.17, 15) is 9.59 Å². The SMILES string of the molecule is C=CCOC(=O)Oc1cc(Cc2ccc(N)c(OC(=O)O)c2)ccc1N.Cl. The minimum Gasteiger partial charge on any atom is -0.449 e. The van der Waals surface area contributed by atoms with Crippen molar-refractivity contribution in [1.82, 2.24) is 0 Å². The number of carbonyl (C=O) groups excluding carboxylic acids is 1. The van der Waals surface area contributed by atoms with Gasteiger partial charge in [-0.2, -0.15) is 0 Å². The van der Waals surface area contributed by atoms with E-state index >= 15 is 0 Å². The highest BCUT2D eigenvalue weighted by molar-refractivity contribution is 5.85. The molecule has 0 saturated heterocycles. The van der Waals surface area contributed by atoms with Crippen LogP contribution in [0.1, 0.15) is 11.1 Å². The standard InChI is InChI=1S/C18H18N2O6.ClH/c1-2-7-24-18(23)26-16-10-12(4-6-14(16)20)8-11-3-5-13(19)15(9-11)25-17(21)22;/h2-6,9-10H,1,7-8,19-20H2,(H,21,22);1H. The van der Waals surface area contributed by atoms with Gasteiger partial charge in [0.15, 0.2) is 11.5 Å². The third-order valence-electron chi connectivity index (χ3n) is 3.27. The Morgan fingerprint density at radius 3 is 2.00 bits per heavy atom. The third-order valence-corrected chi connectivity index (χ3v) is 3.27. The molecule has 0 amide bonds. The molecule has 0 saturated carbocycles. The van der Waals surface area contributed by atoms with Crippen molar-refractivity contribution in [3.8, 4) is 11.5 Å². The second kappa shape index (κ2) is 9.93. The molecule has 5 N–H and O–H groups in total. The van der Waals surface area contributed by atoms with Gasteiger partial charge in [-0.3, -0.25) is 0 Å². The first-order valence-electron chi connectivity index (χ1n) is 7.52. The van der Waals surface area contributed by atoms with E-state index in [1.54, 1.807) is 30.3 Å². The Balaban J connectivity index is 0.00000364. The van der Waals surface area contributed by atoms with E-state index in [1.807, 2.05) is 0 Å². The van der Waals surface area contributed by atoms with Crippen LogP contribution in [-0.4, -0.2) is 24.0 Å². The first-order valence-corrected chi connectivity index (χ1v) is 7.52. The highest BCUT2D eigenvalue weighted by Gasteiger charge is 2.11. The van der Waals surface area contributed by atoms with Gasteiger partial charge in [-0.25, -0.2) is 9.59 Å². The maximum absolute atomic E-state index is 11.5. The zero-order valence-corrected chi connectivity index (χ0v) is 15.0. The lowest BCUT2D eigenvalue weighted by Gasteiger charge is -2.10. The van der Waals surface area contributed by atoms with Gasteiger partial charge in [0.2, 0.25) is 0 Å². The van der Waals surface area contributed by atoms with Crippen LogP contribution < -0.4 is 20.9 Å². The molecule has 144 valence electrons. The van der Waals surface area contributed by atoms with Crippen LogP contribution >= 0.6 is 12.4 Å². The predicted octanol–water partition coefficient (Wildman–Crippen LogP) is 3.62. The first kappa shape index (κ1) is 21.7. The maximum Gasteiger partial charge on any atom is 0.514 e. The number of nitrogen functional groups attached to an aromatic ring is 2. The number of hydrogen-bond acceptors (Lipinski definition) is 7. The summed E-state index contributed by atoms with van der Waals surface area (Å²) in [6.07, 6.45) is -0.512. The Morgan fingerprint density at radius 2 is 1.52 bits per heavy atom. The lowest BCUT2D eigenvalue weighted by Crippen LogP contribution is -2.11. The molecular weight excluding hydrogens is 376 g/mol. The average molecular weight is 395 g/mol. The Labute approximate surface area is 161 Å². The number of anilines is 2. The van der Waals surface area contributed by atoms with Crippen molar-refractivity contribution in [2.75, 3.05) is 18.1 Å². The topological polar surface area (TPSA) is 134 Å². The number of nitrogens with two attached hydrogens (primary N) is 2. The van der Waals surface area contributed by atoms with E-state index < -0.39 is 12.3 Å². The largest absolute Gasteiger partial charge is 0.514 e. The summed E-state index contributed by atoms with van der Waals surface area (Å²) >= 11 is 0. The van der Waals surface area contributed by atoms with Crippen molar-refractivity contribution >= 4 is 36.1 Å². The summed E-state index contributed by atoms with van der Waals surface area (Å²) in [5, 5.41) is 8.73. The van der Waals surface area contributed by atoms with Crippen LogP contribution in [0.4, 0.5) is 21.0 Å². The van der Waals surface area contributed by atoms with Crippen LogP contribution in [0.5, 0.6) is 11.5 Å². The van der Waals surface area contributed by atoms with Gasteiger partial charge in [0.25, 0.3) is 0 Å². The number of carboxylic acid groups (broad SMARTS) is 1. The Morgan fingerprint density at radius 1 is 1.00 bits per heavy atom. The molecule has 0 atom stereocenters. The molecule has 0 aromatic heterocycles. The highest BCUT2D eigenvalue weighted by atomic mass is 35.5. The predicted molar refractivity (Wildman–Crippen MR) is 103 cm³/mol. The Hall–Kier alpha value is -3.39. The minimum atomic E-state index is -1.45. The third kappa shape index (κ3) is 6.44. The fourth-order valence-electron chi connectivity index (χ4n) is 2.13. The average Bonchev–Trinajstić information content (AvgIpc) is 2.58. The summed E-state index contributed by atoms with van der Waals surface area (Å²) in [5.74, 6) is 0.212. The van der Waals surface area contributed by atoms with Gasteiger partial charge in [-0.15, -0.1) is 12.4 Å². The summed E-state index contributed by atoms with van der Waals surface area (Å²) in [4.78, 5) is 22.2. The summed E-state index contributed by atoms with van der Waals surface area (Å²) in [6, 6.07) is 9.76. The van der Waals surface area contributed by atoms with E-state index in [-0.39, 0.29) is 41.9 Å². The van der Waals surface area contributed by atoms with Crippen molar-refractivity contribution in [3.63, 3.8) is 0 Å². The fraction of sp³-hybridized carbons (Fsp3) is 0.111. The zero-order valence-electron chi connectivity index (χ0n) is 14.2. The van der Waals surface area contributed by atoms with Crippen LogP contribution in [0.15, 0.2) is 49.1 Å². The van der Waals surface area contributed by atoms with Gasteiger partial charge >= 0.3 is 12.3 Å². The molecule has 0 bridgehead atoms. The van der Waals surface area contributed by atoms with Crippen LogP contribution in [0.25, 0.3) is 0 Å². The molecule has 2 aromatic carbocycles. The van der Waals surface area contributed by atoms with Gasteiger partial charge in [0, 0.05) is 0 Å². The molecule has 0 heterocycles. The van der Waals surface area contributed by atoms with E-state index in [0.717, 1.165) is 11.1 Å². The second-order valence-electron chi connectivity index (χ2n) is 5.24. The van der Waals surface area contributed by atoms with Crippen molar-refractivity contribution in [2.24, 2.45) is 0 Å². The molecule has 8 nitrogen and oxygen atoms in total. The van der Waals surface area contributed by atoms with Crippen molar-refractivity contribution in [3.05, 3.63) is 60.2 Å². The number of hydrogen-bond donors (Lipinski definition) is 3. The maximum atomic E-state index is 11.5. The first-order chi connectivity index (χ1) is 12.4. The Bertz CT molecular complexity index is 841. The smallest absolute Gasteiger partial charge is 0.449 e. The van der Waals surface area contributed by atoms with Crippen LogP contribution in [-0.2, 0) is 11.2 Å². The molecule has 0 spiro atoms. The molecule has 0 aliphatic rings. The molecule has 9 heteroatoms. The molecule has 0 aliphatic carbocycles. The van der Waals surface area contributed by atoms with Gasteiger partial charge < -0.3 is 30.8 Å². The number of benzene rings is 2. The minimum absolute atomic E-state index is 0. The number of ether oxygens (including phenoxy) is 3. The normalized spacial score (nSPS) is 9.63. The monoisotopic (exact) mass is 394 g/mol. The molecule has 0 radical (unpaired) electrons. The van der Waals surface area contributed by atoms with Crippen molar-refractivity contribution < 1.29 is 28.9 Å². The van der Waals surface area contributed by atoms with E-state index in [4.69, 9.17) is 26.0 Å². The summed E-state index contributed by atoms with van der Waals surface area (Å²) < 4.78 is 14.5. The molecule has 2 rings (SSSR count). The van der Waals surface area contributed by atoms with Gasteiger partial charge in [0.05, 0.1) is 11.4 Å². The molecule has 0 unspecified atom stereocenters. The number of carbonyl (C=O) groups is 2. The molecule has 0 aliphatic heterocycles. The lowest BCUT2D eigenvalue weighted by atomic mass is 10.0. The van der Waals surface area contributed by atoms with Crippen molar-refractivity contribution in [1.29, 1.82) is 0 Å². The fourth-order valence-corrected chi connectivity index (χ4v) is 2.13. The highest BCUT2D eigenvalue weighted by Crippen LogP contribution is 2.27. The molecule has 27 heavy (non-hydrogen) atoms. The summed E-state index contributed by atoms with van der Waals surface area (Å²) in [5.41, 5.74) is 13.5. The lowest BCUT2D eigenvalue weighted by molar-refractivity contribution is 0.110. The molecule has 0 fully saturated rings. The van der Waals surface area contributed by atoms with E-state index in [0.29, 0.717) is 6.42 Å². The molecule has 2 aromatic rings.